The summed E-state index contributed by atoms with van der Waals surface area (Å²) in [6, 6.07) is 0. The van der Waals surface area contributed by atoms with E-state index in [1.165, 1.54) is 0 Å². The molecule has 0 saturated heterocycles. The summed E-state index contributed by atoms with van der Waals surface area (Å²) in [4.78, 5) is 0. The van der Waals surface area contributed by atoms with E-state index in [2.05, 4.69) is 4.72 Å². The number of sulfonamides is 1. The Morgan fingerprint density at radius 3 is 2.40 bits per heavy atom. The molecule has 1 N–H and O–H groups in total. The fourth-order valence-corrected chi connectivity index (χ4v) is 1.18. The Balaban J connectivity index is 3.21. The molecule has 0 bridgehead atoms. The molecule has 5 heteroatoms. The predicted molar refractivity (Wildman–Crippen MR) is 42.8 cm³/mol. The van der Waals surface area contributed by atoms with Crippen LogP contribution >= 0.6 is 11.6 Å². The molecule has 0 amide bonds. The molecular weight excluding hydrogens is 174 g/mol. The van der Waals surface area contributed by atoms with Crippen LogP contribution in [0.1, 0.15) is 12.8 Å². The van der Waals surface area contributed by atoms with Gasteiger partial charge in [0.15, 0.2) is 0 Å². The van der Waals surface area contributed by atoms with Gasteiger partial charge in [-0.25, -0.2) is 13.1 Å². The van der Waals surface area contributed by atoms with Crippen molar-refractivity contribution < 1.29 is 8.42 Å². The SMILES string of the molecule is CS(=O)(=O)NCCCCCl. The number of unbranched alkanes of at least 4 members (excludes halogenated alkanes) is 1. The van der Waals surface area contributed by atoms with E-state index in [0.29, 0.717) is 12.4 Å². The molecule has 0 atom stereocenters. The smallest absolute Gasteiger partial charge is 0.208 e. The summed E-state index contributed by atoms with van der Waals surface area (Å²) in [5, 5.41) is 0. The summed E-state index contributed by atoms with van der Waals surface area (Å²) < 4.78 is 23.3. The fraction of sp³-hybridized carbons (Fsp3) is 1.00. The third kappa shape index (κ3) is 8.20. The van der Waals surface area contributed by atoms with Crippen LogP contribution in [0, 0.1) is 0 Å². The highest BCUT2D eigenvalue weighted by Gasteiger charge is 1.97. The molecule has 0 fully saturated rings. The highest BCUT2D eigenvalue weighted by Crippen LogP contribution is 1.89. The number of nitrogens with one attached hydrogen (secondary N) is 1. The van der Waals surface area contributed by atoms with Crippen LogP contribution in [0.3, 0.4) is 0 Å². The Morgan fingerprint density at radius 1 is 1.40 bits per heavy atom. The molecule has 0 aromatic carbocycles. The van der Waals surface area contributed by atoms with E-state index in [0.717, 1.165) is 19.1 Å². The maximum atomic E-state index is 10.5. The second-order valence-electron chi connectivity index (χ2n) is 2.06. The van der Waals surface area contributed by atoms with Crippen molar-refractivity contribution in [2.45, 2.75) is 12.8 Å². The number of hydrogen-bond acceptors (Lipinski definition) is 2. The number of halogens is 1. The molecule has 0 aliphatic rings. The van der Waals surface area contributed by atoms with Gasteiger partial charge in [0.25, 0.3) is 0 Å². The monoisotopic (exact) mass is 185 g/mol. The van der Waals surface area contributed by atoms with Gasteiger partial charge in [0, 0.05) is 12.4 Å². The van der Waals surface area contributed by atoms with Gasteiger partial charge in [-0.3, -0.25) is 0 Å². The van der Waals surface area contributed by atoms with Crippen LogP contribution in [-0.4, -0.2) is 27.1 Å². The Morgan fingerprint density at radius 2 is 2.00 bits per heavy atom. The topological polar surface area (TPSA) is 46.2 Å². The third-order valence-electron chi connectivity index (χ3n) is 0.925. The van der Waals surface area contributed by atoms with Crippen LogP contribution in [0.4, 0.5) is 0 Å². The number of hydrogen-bond donors (Lipinski definition) is 1. The lowest BCUT2D eigenvalue weighted by molar-refractivity contribution is 0.584. The zero-order valence-electron chi connectivity index (χ0n) is 5.93. The largest absolute Gasteiger partial charge is 0.215 e. The number of alkyl halides is 1. The van der Waals surface area contributed by atoms with Gasteiger partial charge >= 0.3 is 0 Å². The van der Waals surface area contributed by atoms with Gasteiger partial charge in [-0.2, -0.15) is 0 Å². The van der Waals surface area contributed by atoms with Crippen LogP contribution < -0.4 is 4.72 Å². The quantitative estimate of drug-likeness (QED) is 0.503. The van der Waals surface area contributed by atoms with E-state index in [1.807, 2.05) is 0 Å². The molecule has 0 aliphatic heterocycles. The van der Waals surface area contributed by atoms with Crippen molar-refractivity contribution in [3.63, 3.8) is 0 Å². The zero-order valence-corrected chi connectivity index (χ0v) is 7.50. The second-order valence-corrected chi connectivity index (χ2v) is 4.27. The van der Waals surface area contributed by atoms with E-state index in [4.69, 9.17) is 11.6 Å². The average molecular weight is 186 g/mol. The van der Waals surface area contributed by atoms with Crippen molar-refractivity contribution in [3.05, 3.63) is 0 Å². The highest BCUT2D eigenvalue weighted by molar-refractivity contribution is 7.88. The maximum absolute atomic E-state index is 10.5. The maximum Gasteiger partial charge on any atom is 0.208 e. The fourth-order valence-electron chi connectivity index (χ4n) is 0.477. The molecular formula is C5H12ClNO2S. The summed E-state index contributed by atoms with van der Waals surface area (Å²) >= 11 is 5.37. The Kier molecular flexibility index (Phi) is 5.03. The van der Waals surface area contributed by atoms with Gasteiger partial charge in [-0.05, 0) is 12.8 Å². The molecule has 0 aliphatic carbocycles. The lowest BCUT2D eigenvalue weighted by atomic mass is 10.3. The van der Waals surface area contributed by atoms with Crippen molar-refractivity contribution >= 4 is 21.6 Å². The zero-order chi connectivity index (χ0) is 8.04. The van der Waals surface area contributed by atoms with Crippen molar-refractivity contribution in [2.75, 3.05) is 18.7 Å². The molecule has 0 rings (SSSR count). The van der Waals surface area contributed by atoms with Crippen molar-refractivity contribution in [1.29, 1.82) is 0 Å². The van der Waals surface area contributed by atoms with Crippen LogP contribution in [-0.2, 0) is 10.0 Å². The van der Waals surface area contributed by atoms with Gasteiger partial charge in [-0.15, -0.1) is 11.6 Å². The first-order chi connectivity index (χ1) is 4.56. The van der Waals surface area contributed by atoms with Gasteiger partial charge in [0.05, 0.1) is 6.26 Å². The molecule has 3 nitrogen and oxygen atoms in total. The molecule has 10 heavy (non-hydrogen) atoms. The first-order valence-electron chi connectivity index (χ1n) is 3.07. The van der Waals surface area contributed by atoms with Crippen LogP contribution in [0.15, 0.2) is 0 Å². The Bertz CT molecular complexity index is 166. The molecule has 0 heterocycles. The van der Waals surface area contributed by atoms with Gasteiger partial charge < -0.3 is 0 Å². The molecule has 0 spiro atoms. The lowest BCUT2D eigenvalue weighted by Crippen LogP contribution is -2.22. The van der Waals surface area contributed by atoms with Crippen molar-refractivity contribution in [1.82, 2.24) is 4.72 Å². The van der Waals surface area contributed by atoms with Crippen LogP contribution in [0.5, 0.6) is 0 Å². The van der Waals surface area contributed by atoms with E-state index >= 15 is 0 Å². The van der Waals surface area contributed by atoms with Gasteiger partial charge in [0.1, 0.15) is 0 Å². The number of rotatable bonds is 5. The van der Waals surface area contributed by atoms with Gasteiger partial charge in [0.2, 0.25) is 10.0 Å². The molecule has 0 radical (unpaired) electrons. The van der Waals surface area contributed by atoms with E-state index in [-0.39, 0.29) is 0 Å². The molecule has 62 valence electrons. The lowest BCUT2D eigenvalue weighted by Gasteiger charge is -1.98. The van der Waals surface area contributed by atoms with E-state index in [1.54, 1.807) is 0 Å². The minimum absolute atomic E-state index is 0.492. The summed E-state index contributed by atoms with van der Waals surface area (Å²) in [6.45, 7) is 0.492. The summed E-state index contributed by atoms with van der Waals surface area (Å²) in [5.41, 5.74) is 0. The molecule has 0 aromatic heterocycles. The molecule has 0 saturated carbocycles. The minimum Gasteiger partial charge on any atom is -0.215 e. The molecule has 0 unspecified atom stereocenters. The third-order valence-corrected chi connectivity index (χ3v) is 1.92. The van der Waals surface area contributed by atoms with Crippen molar-refractivity contribution in [3.8, 4) is 0 Å². The van der Waals surface area contributed by atoms with Crippen LogP contribution in [0.25, 0.3) is 0 Å². The average Bonchev–Trinajstić information content (AvgIpc) is 1.78. The van der Waals surface area contributed by atoms with E-state index < -0.39 is 10.0 Å². The highest BCUT2D eigenvalue weighted by atomic mass is 35.5. The van der Waals surface area contributed by atoms with E-state index in [9.17, 15) is 8.42 Å². The summed E-state index contributed by atoms with van der Waals surface area (Å²) in [5.74, 6) is 0.589. The summed E-state index contributed by atoms with van der Waals surface area (Å²) in [6.07, 6.45) is 2.80. The Hall–Kier alpha value is 0.200. The first-order valence-corrected chi connectivity index (χ1v) is 5.49. The molecule has 0 aromatic rings. The second kappa shape index (κ2) is 4.93. The predicted octanol–water partition coefficient (Wildman–Crippen LogP) is 0.555. The minimum atomic E-state index is -3.00. The van der Waals surface area contributed by atoms with Crippen LogP contribution in [0.2, 0.25) is 0 Å². The standard InChI is InChI=1S/C5H12ClNO2S/c1-10(8,9)7-5-3-2-4-6/h7H,2-5H2,1H3. The summed E-state index contributed by atoms with van der Waals surface area (Å²) in [7, 11) is -3.00. The van der Waals surface area contributed by atoms with Crippen molar-refractivity contribution in [2.24, 2.45) is 0 Å². The Labute approximate surface area is 66.8 Å². The van der Waals surface area contributed by atoms with Gasteiger partial charge in [-0.1, -0.05) is 0 Å². The normalized spacial score (nSPS) is 11.8. The first kappa shape index (κ1) is 10.2.